The highest BCUT2D eigenvalue weighted by molar-refractivity contribution is 6.57. The molecule has 0 radical (unpaired) electrons. The van der Waals surface area contributed by atoms with Crippen molar-refractivity contribution in [3.05, 3.63) is 69.9 Å². The minimum Gasteiger partial charge on any atom is -0.396 e. The number of fused-ring (bicyclic) bond motifs is 2. The van der Waals surface area contributed by atoms with Gasteiger partial charge < -0.3 is 17.6 Å². The molecule has 2 aliphatic heterocycles. The highest BCUT2D eigenvalue weighted by Gasteiger charge is 2.51. The van der Waals surface area contributed by atoms with Crippen molar-refractivity contribution in [2.75, 3.05) is 0 Å². The molecule has 110 valence electrons. The first-order valence-electron chi connectivity index (χ1n) is 6.55. The molecule has 8 heteroatoms. The summed E-state index contributed by atoms with van der Waals surface area (Å²) in [5.74, 6) is 0. The Morgan fingerprint density at radius 2 is 1.91 bits per heavy atom. The van der Waals surface area contributed by atoms with Gasteiger partial charge in [-0.05, 0) is 18.3 Å². The Hall–Kier alpha value is -1.92. The maximum Gasteiger partial charge on any atom is 0.737 e. The average molecular weight is 338 g/mol. The highest BCUT2D eigenvalue weighted by Crippen LogP contribution is 2.42. The third kappa shape index (κ3) is 1.68. The molecular weight excluding hydrogens is 330 g/mol. The zero-order chi connectivity index (χ0) is 15.5. The lowest BCUT2D eigenvalue weighted by Gasteiger charge is -2.31. The van der Waals surface area contributed by atoms with E-state index in [0.717, 1.165) is 8.96 Å². The summed E-state index contributed by atoms with van der Waals surface area (Å²) in [7, 11) is 0. The fourth-order valence-electron chi connectivity index (χ4n) is 2.92. The zero-order valence-electron chi connectivity index (χ0n) is 11.0. The minimum atomic E-state index is -3.92. The SMILES string of the molecule is F[B-]1(F)n2cccc2C(c2c(Cl)cncc2Cl)=C2C=CC=[N+]21. The second kappa shape index (κ2) is 4.54. The van der Waals surface area contributed by atoms with E-state index in [4.69, 9.17) is 23.2 Å². The van der Waals surface area contributed by atoms with Gasteiger partial charge in [-0.1, -0.05) is 23.2 Å². The number of pyridine rings is 1. The van der Waals surface area contributed by atoms with Crippen molar-refractivity contribution in [1.29, 1.82) is 0 Å². The molecule has 0 fully saturated rings. The van der Waals surface area contributed by atoms with Gasteiger partial charge in [-0.15, -0.1) is 0 Å². The fourth-order valence-corrected chi connectivity index (χ4v) is 3.48. The highest BCUT2D eigenvalue weighted by atomic mass is 35.5. The maximum atomic E-state index is 14.6. The number of rotatable bonds is 1. The van der Waals surface area contributed by atoms with Crippen molar-refractivity contribution < 1.29 is 13.1 Å². The van der Waals surface area contributed by atoms with E-state index in [2.05, 4.69) is 4.98 Å². The summed E-state index contributed by atoms with van der Waals surface area (Å²) in [4.78, 5) is 3.92. The van der Waals surface area contributed by atoms with Crippen molar-refractivity contribution in [3.8, 4) is 0 Å². The summed E-state index contributed by atoms with van der Waals surface area (Å²) in [6.45, 7) is -3.92. The molecule has 0 saturated heterocycles. The van der Waals surface area contributed by atoms with Crippen LogP contribution in [0.4, 0.5) is 8.63 Å². The predicted octanol–water partition coefficient (Wildman–Crippen LogP) is 3.84. The van der Waals surface area contributed by atoms with Crippen LogP contribution in [0, 0.1) is 0 Å². The largest absolute Gasteiger partial charge is 0.737 e. The number of hydrogen-bond donors (Lipinski definition) is 0. The molecule has 0 aliphatic carbocycles. The van der Waals surface area contributed by atoms with Crippen LogP contribution in [-0.4, -0.2) is 27.1 Å². The van der Waals surface area contributed by atoms with Crippen LogP contribution in [0.25, 0.3) is 5.57 Å². The summed E-state index contributed by atoms with van der Waals surface area (Å²) in [5.41, 5.74) is 1.84. The lowest BCUT2D eigenvalue weighted by molar-refractivity contribution is -0.356. The summed E-state index contributed by atoms with van der Waals surface area (Å²) < 4.78 is 31.2. The van der Waals surface area contributed by atoms with Crippen molar-refractivity contribution in [1.82, 2.24) is 9.46 Å². The van der Waals surface area contributed by atoms with Crippen molar-refractivity contribution in [2.45, 2.75) is 0 Å². The molecule has 2 aromatic heterocycles. The normalized spacial score (nSPS) is 18.3. The standard InChI is InChI=1S/C14H8BCl2F2N3/c16-9-7-20-8-10(17)13(9)14-11-3-1-5-21(11)15(18,19)22-6-2-4-12(14)22/h1-8H. The van der Waals surface area contributed by atoms with Crippen LogP contribution in [0.1, 0.15) is 11.3 Å². The molecule has 0 unspecified atom stereocenters. The molecule has 2 aromatic rings. The fraction of sp³-hybridized carbons (Fsp3) is 0. The second-order valence-corrected chi connectivity index (χ2v) is 5.86. The molecule has 4 rings (SSSR count). The molecule has 4 heterocycles. The lowest BCUT2D eigenvalue weighted by Crippen LogP contribution is -2.49. The van der Waals surface area contributed by atoms with Gasteiger partial charge in [0.15, 0.2) is 5.70 Å². The number of hydrogen-bond acceptors (Lipinski definition) is 1. The Bertz CT molecular complexity index is 879. The lowest BCUT2D eigenvalue weighted by atomic mass is 9.87. The Labute approximate surface area is 134 Å². The zero-order valence-corrected chi connectivity index (χ0v) is 12.6. The Balaban J connectivity index is 2.12. The van der Waals surface area contributed by atoms with E-state index in [1.165, 1.54) is 24.8 Å². The van der Waals surface area contributed by atoms with Gasteiger partial charge in [-0.2, -0.15) is 0 Å². The molecular formula is C14H8BCl2F2N3. The topological polar surface area (TPSA) is 20.8 Å². The first kappa shape index (κ1) is 13.7. The monoisotopic (exact) mass is 337 g/mol. The van der Waals surface area contributed by atoms with E-state index in [0.29, 0.717) is 32.6 Å². The van der Waals surface area contributed by atoms with E-state index < -0.39 is 6.97 Å². The number of allylic oxidation sites excluding steroid dienone is 2. The van der Waals surface area contributed by atoms with Crippen molar-refractivity contribution in [2.24, 2.45) is 0 Å². The summed E-state index contributed by atoms with van der Waals surface area (Å²) in [5, 5.41) is 0.640. The molecule has 2 aliphatic rings. The van der Waals surface area contributed by atoms with Crippen molar-refractivity contribution >= 4 is 42.0 Å². The Morgan fingerprint density at radius 1 is 1.18 bits per heavy atom. The van der Waals surface area contributed by atoms with Crippen molar-refractivity contribution in [3.63, 3.8) is 0 Å². The van der Waals surface area contributed by atoms with E-state index in [1.54, 1.807) is 24.3 Å². The average Bonchev–Trinajstić information content (AvgIpc) is 3.11. The summed E-state index contributed by atoms with van der Waals surface area (Å²) in [6.07, 6.45) is 8.85. The van der Waals surface area contributed by atoms with Gasteiger partial charge in [0.1, 0.15) is 6.21 Å². The molecule has 22 heavy (non-hydrogen) atoms. The van der Waals surface area contributed by atoms with Gasteiger partial charge in [0, 0.05) is 35.8 Å². The van der Waals surface area contributed by atoms with Crippen LogP contribution in [0.15, 0.2) is 48.6 Å². The van der Waals surface area contributed by atoms with Gasteiger partial charge in [-0.25, -0.2) is 0 Å². The molecule has 0 spiro atoms. The van der Waals surface area contributed by atoms with Crippen LogP contribution in [0.5, 0.6) is 0 Å². The van der Waals surface area contributed by atoms with Crippen LogP contribution < -0.4 is 0 Å². The smallest absolute Gasteiger partial charge is 0.396 e. The predicted molar refractivity (Wildman–Crippen MR) is 83.5 cm³/mol. The first-order valence-corrected chi connectivity index (χ1v) is 7.30. The molecule has 0 N–H and O–H groups in total. The van der Waals surface area contributed by atoms with E-state index in [1.807, 2.05) is 0 Å². The van der Waals surface area contributed by atoms with Gasteiger partial charge in [0.25, 0.3) is 0 Å². The van der Waals surface area contributed by atoms with Gasteiger partial charge in [-0.3, -0.25) is 4.98 Å². The van der Waals surface area contributed by atoms with Crippen LogP contribution >= 0.6 is 23.2 Å². The molecule has 0 bridgehead atoms. The molecule has 0 aromatic carbocycles. The number of halogens is 4. The maximum absolute atomic E-state index is 14.6. The Morgan fingerprint density at radius 3 is 2.64 bits per heavy atom. The summed E-state index contributed by atoms with van der Waals surface area (Å²) in [6, 6.07) is 3.22. The van der Waals surface area contributed by atoms with E-state index in [9.17, 15) is 8.63 Å². The minimum absolute atomic E-state index is 0.320. The van der Waals surface area contributed by atoms with Crippen LogP contribution in [0.3, 0.4) is 0 Å². The Kier molecular flexibility index (Phi) is 2.83. The molecule has 0 amide bonds. The van der Waals surface area contributed by atoms with Crippen LogP contribution in [-0.2, 0) is 0 Å². The van der Waals surface area contributed by atoms with E-state index in [-0.39, 0.29) is 0 Å². The van der Waals surface area contributed by atoms with Crippen LogP contribution in [0.2, 0.25) is 10.0 Å². The number of nitrogens with zero attached hydrogens (tertiary/aromatic N) is 3. The molecule has 3 nitrogen and oxygen atoms in total. The van der Waals surface area contributed by atoms with Gasteiger partial charge in [0.05, 0.1) is 15.6 Å². The van der Waals surface area contributed by atoms with Gasteiger partial charge in [0.2, 0.25) is 0 Å². The van der Waals surface area contributed by atoms with Gasteiger partial charge >= 0.3 is 6.97 Å². The first-order chi connectivity index (χ1) is 10.5. The second-order valence-electron chi connectivity index (χ2n) is 5.04. The summed E-state index contributed by atoms with van der Waals surface area (Å²) >= 11 is 12.5. The number of aromatic nitrogens is 2. The third-order valence-corrected chi connectivity index (χ3v) is 4.42. The molecule has 0 saturated carbocycles. The third-order valence-electron chi connectivity index (χ3n) is 3.84. The quantitative estimate of drug-likeness (QED) is 0.724. The molecule has 0 atom stereocenters. The van der Waals surface area contributed by atoms with E-state index >= 15 is 0 Å².